The van der Waals surface area contributed by atoms with Crippen LogP contribution in [-0.2, 0) is 0 Å². The number of carbonyl (C=O) groups is 1. The Morgan fingerprint density at radius 1 is 1.15 bits per heavy atom. The standard InChI is InChI=1S/C25H27N7O/c1-15-5-4-6-19-21(15)30-24(29-19)22-23(26)27-13-20(28-22)16-7-9-17(10-8-16)25(33)32-12-11-18(14-32)31(2)3/h4-10,13,18H,11-12,14H2,1-3H3,(H2,26,27)(H,29,30)/t18-/m0/s1. The van der Waals surface area contributed by atoms with Crippen LogP contribution in [0.1, 0.15) is 22.3 Å². The predicted molar refractivity (Wildman–Crippen MR) is 130 cm³/mol. The van der Waals surface area contributed by atoms with Gasteiger partial charge in [0.25, 0.3) is 5.91 Å². The number of benzene rings is 2. The van der Waals surface area contributed by atoms with E-state index in [1.807, 2.05) is 54.3 Å². The maximum atomic E-state index is 12.9. The first-order valence-corrected chi connectivity index (χ1v) is 11.0. The van der Waals surface area contributed by atoms with Gasteiger partial charge < -0.3 is 20.5 Å². The van der Waals surface area contributed by atoms with Gasteiger partial charge in [0.15, 0.2) is 11.6 Å². The number of amides is 1. The van der Waals surface area contributed by atoms with Crippen molar-refractivity contribution >= 4 is 22.8 Å². The number of hydrogen-bond acceptors (Lipinski definition) is 6. The van der Waals surface area contributed by atoms with Gasteiger partial charge in [0.1, 0.15) is 5.69 Å². The molecule has 1 fully saturated rings. The van der Waals surface area contributed by atoms with E-state index in [0.717, 1.165) is 41.7 Å². The average Bonchev–Trinajstić information content (AvgIpc) is 3.48. The molecule has 2 aromatic heterocycles. The van der Waals surface area contributed by atoms with Gasteiger partial charge in [0.2, 0.25) is 0 Å². The molecule has 1 atom stereocenters. The Labute approximate surface area is 192 Å². The molecule has 3 N–H and O–H groups in total. The van der Waals surface area contributed by atoms with E-state index in [1.165, 1.54) is 0 Å². The molecule has 8 nitrogen and oxygen atoms in total. The number of aromatic amines is 1. The predicted octanol–water partition coefficient (Wildman–Crippen LogP) is 3.35. The monoisotopic (exact) mass is 441 g/mol. The highest BCUT2D eigenvalue weighted by molar-refractivity contribution is 5.95. The van der Waals surface area contributed by atoms with Gasteiger partial charge in [-0.2, -0.15) is 0 Å². The minimum Gasteiger partial charge on any atom is -0.382 e. The second-order valence-electron chi connectivity index (χ2n) is 8.78. The molecule has 0 radical (unpaired) electrons. The molecule has 0 unspecified atom stereocenters. The molecule has 1 saturated heterocycles. The van der Waals surface area contributed by atoms with Crippen molar-refractivity contribution in [3.8, 4) is 22.8 Å². The first kappa shape index (κ1) is 21.1. The fourth-order valence-electron chi connectivity index (χ4n) is 4.31. The Kier molecular flexibility index (Phi) is 5.30. The number of likely N-dealkylation sites (N-methyl/N-ethyl adjacent to an activating group) is 1. The van der Waals surface area contributed by atoms with Gasteiger partial charge in [-0.1, -0.05) is 24.3 Å². The molecule has 0 aliphatic carbocycles. The molecule has 8 heteroatoms. The number of likely N-dealkylation sites (tertiary alicyclic amines) is 1. The van der Waals surface area contributed by atoms with E-state index in [0.29, 0.717) is 34.6 Å². The Hall–Kier alpha value is -3.78. The van der Waals surface area contributed by atoms with Crippen molar-refractivity contribution in [2.75, 3.05) is 32.9 Å². The molecule has 0 bridgehead atoms. The van der Waals surface area contributed by atoms with Crippen molar-refractivity contribution in [2.45, 2.75) is 19.4 Å². The Morgan fingerprint density at radius 2 is 1.94 bits per heavy atom. The summed E-state index contributed by atoms with van der Waals surface area (Å²) in [5.74, 6) is 0.960. The normalized spacial score (nSPS) is 16.1. The van der Waals surface area contributed by atoms with Crippen molar-refractivity contribution in [2.24, 2.45) is 0 Å². The van der Waals surface area contributed by atoms with Crippen LogP contribution >= 0.6 is 0 Å². The maximum Gasteiger partial charge on any atom is 0.253 e. The number of aromatic nitrogens is 4. The summed E-state index contributed by atoms with van der Waals surface area (Å²) >= 11 is 0. The van der Waals surface area contributed by atoms with Crippen molar-refractivity contribution in [1.82, 2.24) is 29.7 Å². The Balaban J connectivity index is 1.41. The summed E-state index contributed by atoms with van der Waals surface area (Å²) in [5, 5.41) is 0. The lowest BCUT2D eigenvalue weighted by Gasteiger charge is -2.20. The number of imidazole rings is 1. The number of carbonyl (C=O) groups excluding carboxylic acids is 1. The highest BCUT2D eigenvalue weighted by atomic mass is 16.2. The molecule has 1 amide bonds. The third-order valence-corrected chi connectivity index (χ3v) is 6.35. The zero-order valence-corrected chi connectivity index (χ0v) is 19.0. The van der Waals surface area contributed by atoms with Crippen LogP contribution in [0.15, 0.2) is 48.7 Å². The summed E-state index contributed by atoms with van der Waals surface area (Å²) in [4.78, 5) is 34.1. The number of nitrogens with two attached hydrogens (primary N) is 1. The van der Waals surface area contributed by atoms with Crippen molar-refractivity contribution in [3.05, 3.63) is 59.8 Å². The fourth-order valence-corrected chi connectivity index (χ4v) is 4.31. The second kappa shape index (κ2) is 8.29. The number of nitrogen functional groups attached to an aromatic ring is 1. The molecule has 3 heterocycles. The van der Waals surface area contributed by atoms with E-state index in [4.69, 9.17) is 10.7 Å². The van der Waals surface area contributed by atoms with E-state index in [1.54, 1.807) is 6.20 Å². The zero-order chi connectivity index (χ0) is 23.1. The minimum absolute atomic E-state index is 0.0626. The number of fused-ring (bicyclic) bond motifs is 1. The molecule has 4 aromatic rings. The summed E-state index contributed by atoms with van der Waals surface area (Å²) in [6.45, 7) is 3.56. The number of nitrogens with zero attached hydrogens (tertiary/aromatic N) is 5. The molecule has 168 valence electrons. The van der Waals surface area contributed by atoms with Crippen molar-refractivity contribution in [3.63, 3.8) is 0 Å². The number of nitrogens with one attached hydrogen (secondary N) is 1. The highest BCUT2D eigenvalue weighted by Gasteiger charge is 2.28. The molecule has 33 heavy (non-hydrogen) atoms. The van der Waals surface area contributed by atoms with Crippen LogP contribution in [0.2, 0.25) is 0 Å². The maximum absolute atomic E-state index is 12.9. The quantitative estimate of drug-likeness (QED) is 0.503. The van der Waals surface area contributed by atoms with Crippen LogP contribution in [0.4, 0.5) is 5.82 Å². The Morgan fingerprint density at radius 3 is 2.64 bits per heavy atom. The van der Waals surface area contributed by atoms with Crippen LogP contribution in [0.3, 0.4) is 0 Å². The first-order chi connectivity index (χ1) is 15.9. The first-order valence-electron chi connectivity index (χ1n) is 11.0. The van der Waals surface area contributed by atoms with Gasteiger partial charge in [0.05, 0.1) is 22.9 Å². The second-order valence-corrected chi connectivity index (χ2v) is 8.78. The number of rotatable bonds is 4. The van der Waals surface area contributed by atoms with Gasteiger partial charge in [-0.3, -0.25) is 4.79 Å². The molecular weight excluding hydrogens is 414 g/mol. The van der Waals surface area contributed by atoms with E-state index in [2.05, 4.69) is 33.9 Å². The van der Waals surface area contributed by atoms with Gasteiger partial charge in [0, 0.05) is 30.3 Å². The molecule has 5 rings (SSSR count). The lowest BCUT2D eigenvalue weighted by molar-refractivity contribution is 0.0783. The zero-order valence-electron chi connectivity index (χ0n) is 19.0. The largest absolute Gasteiger partial charge is 0.382 e. The molecular formula is C25H27N7O. The van der Waals surface area contributed by atoms with Gasteiger partial charge in [-0.05, 0) is 51.2 Å². The van der Waals surface area contributed by atoms with E-state index in [9.17, 15) is 4.79 Å². The van der Waals surface area contributed by atoms with Crippen molar-refractivity contribution < 1.29 is 4.79 Å². The molecule has 1 aliphatic rings. The summed E-state index contributed by atoms with van der Waals surface area (Å²) in [7, 11) is 4.11. The topological polar surface area (TPSA) is 104 Å². The SMILES string of the molecule is Cc1cccc2[nH]c(-c3nc(-c4ccc(C(=O)N5CC[C@H](N(C)C)C5)cc4)cnc3N)nc12. The number of anilines is 1. The third-order valence-electron chi connectivity index (χ3n) is 6.35. The summed E-state index contributed by atoms with van der Waals surface area (Å²) in [6.07, 6.45) is 2.65. The Bertz CT molecular complexity index is 1330. The fraction of sp³-hybridized carbons (Fsp3) is 0.280. The van der Waals surface area contributed by atoms with E-state index < -0.39 is 0 Å². The van der Waals surface area contributed by atoms with Crippen LogP contribution < -0.4 is 5.73 Å². The van der Waals surface area contributed by atoms with E-state index >= 15 is 0 Å². The van der Waals surface area contributed by atoms with Gasteiger partial charge in [-0.25, -0.2) is 15.0 Å². The number of H-pyrrole nitrogens is 1. The number of hydrogen-bond donors (Lipinski definition) is 2. The average molecular weight is 442 g/mol. The lowest BCUT2D eigenvalue weighted by Crippen LogP contribution is -2.34. The van der Waals surface area contributed by atoms with Gasteiger partial charge in [-0.15, -0.1) is 0 Å². The van der Waals surface area contributed by atoms with Crippen molar-refractivity contribution in [1.29, 1.82) is 0 Å². The molecule has 2 aromatic carbocycles. The van der Waals surface area contributed by atoms with Gasteiger partial charge >= 0.3 is 0 Å². The highest BCUT2D eigenvalue weighted by Crippen LogP contribution is 2.27. The number of aryl methyl sites for hydroxylation is 1. The summed E-state index contributed by atoms with van der Waals surface area (Å²) in [5.41, 5.74) is 11.7. The van der Waals surface area contributed by atoms with Crippen LogP contribution in [-0.4, -0.2) is 68.9 Å². The summed E-state index contributed by atoms with van der Waals surface area (Å²) in [6, 6.07) is 13.9. The lowest BCUT2D eigenvalue weighted by atomic mass is 10.1. The van der Waals surface area contributed by atoms with Crippen LogP contribution in [0.5, 0.6) is 0 Å². The minimum atomic E-state index is 0.0626. The van der Waals surface area contributed by atoms with E-state index in [-0.39, 0.29) is 5.91 Å². The summed E-state index contributed by atoms with van der Waals surface area (Å²) < 4.78 is 0. The number of para-hydroxylation sites is 1. The molecule has 0 saturated carbocycles. The third kappa shape index (κ3) is 3.93. The molecule has 0 spiro atoms. The van der Waals surface area contributed by atoms with Crippen LogP contribution in [0, 0.1) is 6.92 Å². The molecule has 1 aliphatic heterocycles. The van der Waals surface area contributed by atoms with Crippen LogP contribution in [0.25, 0.3) is 33.8 Å². The smallest absolute Gasteiger partial charge is 0.253 e.